The van der Waals surface area contributed by atoms with Crippen molar-refractivity contribution in [3.05, 3.63) is 29.7 Å². The summed E-state index contributed by atoms with van der Waals surface area (Å²) in [7, 11) is 1.83. The molecule has 7 heteroatoms. The number of amides is 1. The quantitative estimate of drug-likeness (QED) is 0.919. The van der Waals surface area contributed by atoms with Gasteiger partial charge in [-0.1, -0.05) is 0 Å². The summed E-state index contributed by atoms with van der Waals surface area (Å²) in [4.78, 5) is 14.2. The van der Waals surface area contributed by atoms with Gasteiger partial charge in [-0.15, -0.1) is 0 Å². The molecule has 1 N–H and O–H groups in total. The first-order chi connectivity index (χ1) is 10.5. The predicted molar refractivity (Wildman–Crippen MR) is 83.6 cm³/mol. The van der Waals surface area contributed by atoms with Crippen LogP contribution in [0.25, 0.3) is 0 Å². The van der Waals surface area contributed by atoms with E-state index >= 15 is 0 Å². The largest absolute Gasteiger partial charge is 0.308 e. The Bertz CT molecular complexity index is 673. The number of likely N-dealkylation sites (tertiary alicyclic amines) is 1. The lowest BCUT2D eigenvalue weighted by atomic mass is 10.2. The van der Waals surface area contributed by atoms with Crippen LogP contribution in [0.15, 0.2) is 18.3 Å². The molecule has 2 aromatic heterocycles. The second kappa shape index (κ2) is 5.92. The van der Waals surface area contributed by atoms with E-state index in [2.05, 4.69) is 38.1 Å². The predicted octanol–water partition coefficient (Wildman–Crippen LogP) is 1.12. The standard InChI is InChI=1S/C15H22N6O/c1-11-8-12(2)21(17-11)13-4-7-20(9-13)10-15(22)16-14-5-6-19(3)18-14/h5-6,8,13H,4,7,9-10H2,1-3H3,(H,16,18,22)/t13-/m1/s1. The highest BCUT2D eigenvalue weighted by molar-refractivity contribution is 5.91. The van der Waals surface area contributed by atoms with E-state index < -0.39 is 0 Å². The number of carbonyl (C=O) groups excluding carboxylic acids is 1. The maximum Gasteiger partial charge on any atom is 0.239 e. The Morgan fingerprint density at radius 3 is 2.86 bits per heavy atom. The Morgan fingerprint density at radius 1 is 1.41 bits per heavy atom. The zero-order chi connectivity index (χ0) is 15.7. The molecule has 3 rings (SSSR count). The smallest absolute Gasteiger partial charge is 0.239 e. The van der Waals surface area contributed by atoms with E-state index in [-0.39, 0.29) is 5.91 Å². The third-order valence-electron chi connectivity index (χ3n) is 3.99. The molecule has 2 aromatic rings. The lowest BCUT2D eigenvalue weighted by Gasteiger charge is -2.16. The molecule has 22 heavy (non-hydrogen) atoms. The SMILES string of the molecule is Cc1cc(C)n([C@@H]2CCN(CC(=O)Nc3ccn(C)n3)C2)n1. The van der Waals surface area contributed by atoms with Gasteiger partial charge < -0.3 is 5.32 Å². The number of hydrogen-bond donors (Lipinski definition) is 1. The Balaban J connectivity index is 1.54. The minimum Gasteiger partial charge on any atom is -0.308 e. The molecule has 3 heterocycles. The summed E-state index contributed by atoms with van der Waals surface area (Å²) in [6, 6.07) is 4.24. The van der Waals surface area contributed by atoms with Crippen LogP contribution in [0.3, 0.4) is 0 Å². The first-order valence-electron chi connectivity index (χ1n) is 7.56. The van der Waals surface area contributed by atoms with Gasteiger partial charge in [-0.2, -0.15) is 10.2 Å². The van der Waals surface area contributed by atoms with E-state index in [1.54, 1.807) is 10.7 Å². The molecule has 1 fully saturated rings. The highest BCUT2D eigenvalue weighted by Crippen LogP contribution is 2.22. The number of nitrogens with zero attached hydrogens (tertiary/aromatic N) is 5. The topological polar surface area (TPSA) is 68.0 Å². The molecule has 1 amide bonds. The van der Waals surface area contributed by atoms with Gasteiger partial charge in [0.05, 0.1) is 18.3 Å². The second-order valence-electron chi connectivity index (χ2n) is 5.97. The van der Waals surface area contributed by atoms with E-state index in [0.717, 1.165) is 25.2 Å². The van der Waals surface area contributed by atoms with Crippen molar-refractivity contribution in [3.63, 3.8) is 0 Å². The monoisotopic (exact) mass is 302 g/mol. The summed E-state index contributed by atoms with van der Waals surface area (Å²) in [5.41, 5.74) is 2.23. The van der Waals surface area contributed by atoms with Crippen molar-refractivity contribution in [2.24, 2.45) is 7.05 Å². The molecular formula is C15H22N6O. The number of aromatic nitrogens is 4. The summed E-state index contributed by atoms with van der Waals surface area (Å²) in [6.07, 6.45) is 2.84. The fraction of sp³-hybridized carbons (Fsp3) is 0.533. The Labute approximate surface area is 129 Å². The molecule has 0 radical (unpaired) electrons. The molecule has 1 aliphatic heterocycles. The minimum absolute atomic E-state index is 0.0206. The first kappa shape index (κ1) is 14.8. The van der Waals surface area contributed by atoms with Crippen LogP contribution in [0, 0.1) is 13.8 Å². The van der Waals surface area contributed by atoms with Crippen molar-refractivity contribution in [3.8, 4) is 0 Å². The highest BCUT2D eigenvalue weighted by atomic mass is 16.2. The van der Waals surface area contributed by atoms with Crippen molar-refractivity contribution >= 4 is 11.7 Å². The fourth-order valence-electron chi connectivity index (χ4n) is 3.04. The molecule has 0 aromatic carbocycles. The molecular weight excluding hydrogens is 280 g/mol. The molecule has 1 saturated heterocycles. The van der Waals surface area contributed by atoms with Gasteiger partial charge in [0, 0.05) is 38.1 Å². The average Bonchev–Trinajstić information content (AvgIpc) is 3.12. The van der Waals surface area contributed by atoms with Crippen LogP contribution in [-0.4, -0.2) is 50.0 Å². The van der Waals surface area contributed by atoms with Gasteiger partial charge in [0.25, 0.3) is 0 Å². The maximum absolute atomic E-state index is 12.1. The number of carbonyl (C=O) groups is 1. The number of anilines is 1. The first-order valence-corrected chi connectivity index (χ1v) is 7.56. The van der Waals surface area contributed by atoms with Crippen LogP contribution in [0.2, 0.25) is 0 Å². The summed E-state index contributed by atoms with van der Waals surface area (Å²) in [5.74, 6) is 0.578. The van der Waals surface area contributed by atoms with Crippen LogP contribution < -0.4 is 5.32 Å². The van der Waals surface area contributed by atoms with Gasteiger partial charge in [-0.3, -0.25) is 19.1 Å². The zero-order valence-corrected chi connectivity index (χ0v) is 13.3. The molecule has 0 spiro atoms. The number of nitrogens with one attached hydrogen (secondary N) is 1. The lowest BCUT2D eigenvalue weighted by Crippen LogP contribution is -2.32. The van der Waals surface area contributed by atoms with E-state index in [4.69, 9.17) is 0 Å². The molecule has 0 unspecified atom stereocenters. The van der Waals surface area contributed by atoms with Crippen LogP contribution >= 0.6 is 0 Å². The van der Waals surface area contributed by atoms with E-state index in [1.165, 1.54) is 5.69 Å². The normalized spacial score (nSPS) is 18.8. The Kier molecular flexibility index (Phi) is 3.98. The van der Waals surface area contributed by atoms with E-state index in [0.29, 0.717) is 18.4 Å². The van der Waals surface area contributed by atoms with Crippen molar-refractivity contribution in [2.75, 3.05) is 25.0 Å². The van der Waals surface area contributed by atoms with Gasteiger partial charge in [0.1, 0.15) is 0 Å². The van der Waals surface area contributed by atoms with Gasteiger partial charge >= 0.3 is 0 Å². The third-order valence-corrected chi connectivity index (χ3v) is 3.99. The van der Waals surface area contributed by atoms with Crippen LogP contribution in [0.1, 0.15) is 23.9 Å². The van der Waals surface area contributed by atoms with Crippen molar-refractivity contribution < 1.29 is 4.79 Å². The summed E-state index contributed by atoms with van der Waals surface area (Å²) in [6.45, 7) is 6.26. The molecule has 1 aliphatic rings. The van der Waals surface area contributed by atoms with Crippen molar-refractivity contribution in [2.45, 2.75) is 26.3 Å². The second-order valence-corrected chi connectivity index (χ2v) is 5.97. The van der Waals surface area contributed by atoms with Gasteiger partial charge in [-0.25, -0.2) is 0 Å². The van der Waals surface area contributed by atoms with Gasteiger partial charge in [0.15, 0.2) is 5.82 Å². The number of aryl methyl sites for hydroxylation is 3. The fourth-order valence-corrected chi connectivity index (χ4v) is 3.04. The molecule has 7 nitrogen and oxygen atoms in total. The summed E-state index contributed by atoms with van der Waals surface area (Å²) in [5, 5.41) is 11.5. The van der Waals surface area contributed by atoms with Gasteiger partial charge in [0.2, 0.25) is 5.91 Å². The molecule has 1 atom stereocenters. The maximum atomic E-state index is 12.1. The average molecular weight is 302 g/mol. The lowest BCUT2D eigenvalue weighted by molar-refractivity contribution is -0.117. The minimum atomic E-state index is -0.0206. The summed E-state index contributed by atoms with van der Waals surface area (Å²) < 4.78 is 3.76. The third kappa shape index (κ3) is 3.19. The number of rotatable bonds is 4. The highest BCUT2D eigenvalue weighted by Gasteiger charge is 2.26. The molecule has 0 aliphatic carbocycles. The van der Waals surface area contributed by atoms with E-state index in [9.17, 15) is 4.79 Å². The molecule has 0 saturated carbocycles. The van der Waals surface area contributed by atoms with E-state index in [1.807, 2.05) is 20.2 Å². The Morgan fingerprint density at radius 2 is 2.23 bits per heavy atom. The Hall–Kier alpha value is -2.15. The van der Waals surface area contributed by atoms with Crippen molar-refractivity contribution in [1.82, 2.24) is 24.5 Å². The molecule has 118 valence electrons. The van der Waals surface area contributed by atoms with Gasteiger partial charge in [-0.05, 0) is 26.3 Å². The van der Waals surface area contributed by atoms with Crippen LogP contribution in [0.5, 0.6) is 0 Å². The van der Waals surface area contributed by atoms with Crippen LogP contribution in [-0.2, 0) is 11.8 Å². The molecule has 0 bridgehead atoms. The van der Waals surface area contributed by atoms with Crippen LogP contribution in [0.4, 0.5) is 5.82 Å². The number of hydrogen-bond acceptors (Lipinski definition) is 4. The zero-order valence-electron chi connectivity index (χ0n) is 13.3. The summed E-state index contributed by atoms with van der Waals surface area (Å²) >= 11 is 0. The van der Waals surface area contributed by atoms with Crippen molar-refractivity contribution in [1.29, 1.82) is 0 Å².